The molecule has 1 unspecified atom stereocenters. The summed E-state index contributed by atoms with van der Waals surface area (Å²) in [6.07, 6.45) is 0.388. The highest BCUT2D eigenvalue weighted by atomic mass is 35.5. The molecule has 4 N–H and O–H groups in total. The lowest BCUT2D eigenvalue weighted by atomic mass is 9.97. The summed E-state index contributed by atoms with van der Waals surface area (Å²) >= 11 is 0. The highest BCUT2D eigenvalue weighted by Crippen LogP contribution is 2.23. The van der Waals surface area contributed by atoms with E-state index in [4.69, 9.17) is 16.2 Å². The predicted octanol–water partition coefficient (Wildman–Crippen LogP) is 0.395. The Bertz CT molecular complexity index is 615. The lowest BCUT2D eigenvalue weighted by Gasteiger charge is -2.12. The molecule has 1 aromatic carbocycles. The second kappa shape index (κ2) is 7.04. The minimum absolute atomic E-state index is 0. The van der Waals surface area contributed by atoms with Gasteiger partial charge in [0.1, 0.15) is 12.4 Å². The summed E-state index contributed by atoms with van der Waals surface area (Å²) in [5.74, 6) is -2.67. The van der Waals surface area contributed by atoms with E-state index in [0.717, 1.165) is 10.5 Å². The number of hydrogen-bond donors (Lipinski definition) is 3. The van der Waals surface area contributed by atoms with E-state index in [9.17, 15) is 14.4 Å². The number of carboxylic acid groups (broad SMARTS) is 1. The summed E-state index contributed by atoms with van der Waals surface area (Å²) in [6, 6.07) is 6.84. The fourth-order valence-corrected chi connectivity index (χ4v) is 2.32. The molecular formula is C14H16ClN3O4. The van der Waals surface area contributed by atoms with Gasteiger partial charge in [0.15, 0.2) is 0 Å². The molecule has 8 heteroatoms. The first kappa shape index (κ1) is 17.6. The van der Waals surface area contributed by atoms with Gasteiger partial charge in [0.05, 0.1) is 5.92 Å². The topological polar surface area (TPSA) is 125 Å². The van der Waals surface area contributed by atoms with Crippen molar-refractivity contribution in [3.8, 4) is 0 Å². The van der Waals surface area contributed by atoms with E-state index < -0.39 is 30.2 Å². The van der Waals surface area contributed by atoms with Gasteiger partial charge in [-0.1, -0.05) is 24.3 Å². The molecular weight excluding hydrogens is 310 g/mol. The van der Waals surface area contributed by atoms with Crippen LogP contribution >= 0.6 is 12.4 Å². The minimum atomic E-state index is -1.21. The van der Waals surface area contributed by atoms with E-state index in [0.29, 0.717) is 12.0 Å². The predicted molar refractivity (Wildman–Crippen MR) is 80.9 cm³/mol. The van der Waals surface area contributed by atoms with E-state index in [1.165, 1.54) is 0 Å². The zero-order valence-corrected chi connectivity index (χ0v) is 12.4. The second-order valence-electron chi connectivity index (χ2n) is 4.93. The van der Waals surface area contributed by atoms with Gasteiger partial charge in [-0.2, -0.15) is 0 Å². The van der Waals surface area contributed by atoms with Gasteiger partial charge in [-0.15, -0.1) is 12.4 Å². The molecule has 0 saturated carbocycles. The molecule has 0 bridgehead atoms. The van der Waals surface area contributed by atoms with Gasteiger partial charge in [0, 0.05) is 12.0 Å². The Balaban J connectivity index is 0.00000242. The van der Waals surface area contributed by atoms with Crippen LogP contribution in [0.25, 0.3) is 0 Å². The van der Waals surface area contributed by atoms with Crippen molar-refractivity contribution < 1.29 is 19.5 Å². The van der Waals surface area contributed by atoms with Crippen LogP contribution in [0, 0.1) is 11.3 Å². The Labute approximate surface area is 133 Å². The van der Waals surface area contributed by atoms with Crippen molar-refractivity contribution >= 4 is 36.0 Å². The van der Waals surface area contributed by atoms with E-state index in [1.807, 2.05) is 0 Å². The van der Waals surface area contributed by atoms with Crippen LogP contribution in [0.4, 0.5) is 0 Å². The smallest absolute Gasteiger partial charge is 0.323 e. The third-order valence-electron chi connectivity index (χ3n) is 3.38. The van der Waals surface area contributed by atoms with E-state index in [2.05, 4.69) is 0 Å². The molecule has 7 nitrogen and oxygen atoms in total. The first-order valence-corrected chi connectivity index (χ1v) is 6.38. The van der Waals surface area contributed by atoms with Crippen LogP contribution in [0.5, 0.6) is 0 Å². The molecule has 0 aromatic heterocycles. The Morgan fingerprint density at radius 1 is 1.32 bits per heavy atom. The van der Waals surface area contributed by atoms with E-state index >= 15 is 0 Å². The number of nitrogen functional groups attached to an aromatic ring is 1. The van der Waals surface area contributed by atoms with Crippen molar-refractivity contribution in [3.63, 3.8) is 0 Å². The highest BCUT2D eigenvalue weighted by molar-refractivity contribution is 6.05. The van der Waals surface area contributed by atoms with Crippen LogP contribution in [0.2, 0.25) is 0 Å². The molecule has 0 aliphatic carbocycles. The number of aliphatic carboxylic acids is 1. The Morgan fingerprint density at radius 3 is 2.41 bits per heavy atom. The Hall–Kier alpha value is -2.41. The average molecular weight is 326 g/mol. The lowest BCUT2D eigenvalue weighted by Crippen LogP contribution is -2.35. The normalized spacial score (nSPS) is 17.3. The van der Waals surface area contributed by atoms with Crippen LogP contribution in [-0.4, -0.2) is 40.2 Å². The fourth-order valence-electron chi connectivity index (χ4n) is 2.32. The number of nitrogens with two attached hydrogens (primary N) is 1. The van der Waals surface area contributed by atoms with Crippen molar-refractivity contribution in [2.75, 3.05) is 6.54 Å². The van der Waals surface area contributed by atoms with Crippen LogP contribution in [0.1, 0.15) is 17.5 Å². The van der Waals surface area contributed by atoms with Crippen molar-refractivity contribution in [2.24, 2.45) is 11.7 Å². The van der Waals surface area contributed by atoms with Crippen LogP contribution in [0.15, 0.2) is 24.3 Å². The number of nitrogens with zero attached hydrogens (tertiary/aromatic N) is 1. The van der Waals surface area contributed by atoms with Crippen molar-refractivity contribution in [2.45, 2.75) is 12.8 Å². The molecule has 1 saturated heterocycles. The summed E-state index contributed by atoms with van der Waals surface area (Å²) in [7, 11) is 0. The third kappa shape index (κ3) is 3.82. The second-order valence-corrected chi connectivity index (χ2v) is 4.93. The summed E-state index contributed by atoms with van der Waals surface area (Å²) in [6.45, 7) is -0.586. The van der Waals surface area contributed by atoms with E-state index in [-0.39, 0.29) is 24.7 Å². The number of benzene rings is 1. The van der Waals surface area contributed by atoms with Gasteiger partial charge in [0.25, 0.3) is 0 Å². The molecule has 2 amide bonds. The first-order chi connectivity index (χ1) is 9.88. The number of carbonyl (C=O) groups excluding carboxylic acids is 2. The quantitative estimate of drug-likeness (QED) is 0.410. The lowest BCUT2D eigenvalue weighted by molar-refractivity contribution is -0.149. The standard InChI is InChI=1S/C14H15N3O4.ClH/c15-13(16)9-3-1-8(2-4-9)5-10-6-11(18)17(14(10)21)7-12(19)20;/h1-4,10H,5-7H2,(H3,15,16)(H,19,20);1H. The summed E-state index contributed by atoms with van der Waals surface area (Å²) in [5, 5.41) is 16.0. The number of amides is 2. The van der Waals surface area contributed by atoms with Crippen molar-refractivity contribution in [1.29, 1.82) is 5.41 Å². The van der Waals surface area contributed by atoms with Crippen molar-refractivity contribution in [1.82, 2.24) is 4.90 Å². The maximum Gasteiger partial charge on any atom is 0.323 e. The van der Waals surface area contributed by atoms with Gasteiger partial charge in [-0.25, -0.2) is 0 Å². The van der Waals surface area contributed by atoms with Crippen LogP contribution in [-0.2, 0) is 20.8 Å². The molecule has 118 valence electrons. The monoisotopic (exact) mass is 325 g/mol. The SMILES string of the molecule is Cl.N=C(N)c1ccc(CC2CC(=O)N(CC(=O)O)C2=O)cc1. The van der Waals surface area contributed by atoms with Crippen molar-refractivity contribution in [3.05, 3.63) is 35.4 Å². The summed E-state index contributed by atoms with van der Waals surface area (Å²) < 4.78 is 0. The largest absolute Gasteiger partial charge is 0.480 e. The minimum Gasteiger partial charge on any atom is -0.480 e. The first-order valence-electron chi connectivity index (χ1n) is 6.38. The zero-order valence-electron chi connectivity index (χ0n) is 11.6. The van der Waals surface area contributed by atoms with Gasteiger partial charge >= 0.3 is 5.97 Å². The average Bonchev–Trinajstić information content (AvgIpc) is 2.67. The molecule has 1 aliphatic heterocycles. The van der Waals surface area contributed by atoms with Gasteiger partial charge in [-0.05, 0) is 12.0 Å². The fraction of sp³-hybridized carbons (Fsp3) is 0.286. The molecule has 1 aliphatic rings. The molecule has 1 heterocycles. The number of hydrogen-bond acceptors (Lipinski definition) is 4. The number of halogens is 1. The Kier molecular flexibility index (Phi) is 5.64. The number of nitrogens with one attached hydrogen (secondary N) is 1. The van der Waals surface area contributed by atoms with Gasteiger partial charge in [0.2, 0.25) is 11.8 Å². The zero-order chi connectivity index (χ0) is 15.6. The maximum absolute atomic E-state index is 12.0. The van der Waals surface area contributed by atoms with Crippen LogP contribution < -0.4 is 5.73 Å². The molecule has 22 heavy (non-hydrogen) atoms. The molecule has 1 aromatic rings. The highest BCUT2D eigenvalue weighted by Gasteiger charge is 2.39. The Morgan fingerprint density at radius 2 is 1.91 bits per heavy atom. The number of amidine groups is 1. The molecule has 0 radical (unpaired) electrons. The number of carbonyl (C=O) groups is 3. The molecule has 1 fully saturated rings. The summed E-state index contributed by atoms with van der Waals surface area (Å²) in [5.41, 5.74) is 6.77. The molecule has 2 rings (SSSR count). The van der Waals surface area contributed by atoms with Crippen LogP contribution in [0.3, 0.4) is 0 Å². The number of carboxylic acids is 1. The third-order valence-corrected chi connectivity index (χ3v) is 3.38. The molecule has 0 spiro atoms. The number of imide groups is 1. The number of likely N-dealkylation sites (tertiary alicyclic amines) is 1. The van der Waals surface area contributed by atoms with Gasteiger partial charge in [-0.3, -0.25) is 24.7 Å². The molecule has 1 atom stereocenters. The maximum atomic E-state index is 12.0. The van der Waals surface area contributed by atoms with E-state index in [1.54, 1.807) is 24.3 Å². The summed E-state index contributed by atoms with van der Waals surface area (Å²) in [4.78, 5) is 35.1. The van der Waals surface area contributed by atoms with Gasteiger partial charge < -0.3 is 10.8 Å². The number of rotatable bonds is 5.